The van der Waals surface area contributed by atoms with Crippen LogP contribution in [0.25, 0.3) is 0 Å². The van der Waals surface area contributed by atoms with Crippen molar-refractivity contribution in [2.45, 2.75) is 6.54 Å². The van der Waals surface area contributed by atoms with Gasteiger partial charge in [0.25, 0.3) is 0 Å². The number of nitrogens with two attached hydrogens (primary N) is 1. The van der Waals surface area contributed by atoms with Gasteiger partial charge >= 0.3 is 0 Å². The molecule has 1 saturated heterocycles. The van der Waals surface area contributed by atoms with Crippen molar-refractivity contribution in [2.24, 2.45) is 0 Å². The summed E-state index contributed by atoms with van der Waals surface area (Å²) in [6.45, 7) is 4.84. The van der Waals surface area contributed by atoms with E-state index in [1.165, 1.54) is 5.56 Å². The first-order valence-electron chi connectivity index (χ1n) is 6.90. The van der Waals surface area contributed by atoms with Crippen molar-refractivity contribution in [1.82, 2.24) is 14.9 Å². The second-order valence-electron chi connectivity index (χ2n) is 5.01. The fourth-order valence-corrected chi connectivity index (χ4v) is 2.48. The van der Waals surface area contributed by atoms with Crippen LogP contribution in [0.4, 0.5) is 11.6 Å². The Morgan fingerprint density at radius 3 is 2.35 bits per heavy atom. The minimum absolute atomic E-state index is 0.825. The summed E-state index contributed by atoms with van der Waals surface area (Å²) in [7, 11) is 0. The van der Waals surface area contributed by atoms with E-state index in [1.54, 1.807) is 12.4 Å². The van der Waals surface area contributed by atoms with E-state index in [1.807, 2.05) is 24.3 Å². The highest BCUT2D eigenvalue weighted by atomic mass is 15.3. The fraction of sp³-hybridized carbons (Fsp3) is 0.333. The first-order chi connectivity index (χ1) is 9.83. The van der Waals surface area contributed by atoms with Crippen LogP contribution in [0.2, 0.25) is 0 Å². The molecular formula is C15H19N5. The Morgan fingerprint density at radius 2 is 1.65 bits per heavy atom. The molecule has 0 atom stereocenters. The molecule has 1 aromatic carbocycles. The summed E-state index contributed by atoms with van der Waals surface area (Å²) in [6.07, 6.45) is 3.58. The molecular weight excluding hydrogens is 250 g/mol. The molecule has 5 heteroatoms. The van der Waals surface area contributed by atoms with E-state index in [4.69, 9.17) is 5.73 Å². The largest absolute Gasteiger partial charge is 0.398 e. The monoisotopic (exact) mass is 269 g/mol. The third-order valence-corrected chi connectivity index (χ3v) is 3.66. The molecule has 1 fully saturated rings. The number of piperazine rings is 1. The molecule has 2 N–H and O–H groups in total. The summed E-state index contributed by atoms with van der Waals surface area (Å²) in [5.74, 6) is 0.825. The molecule has 0 spiro atoms. The molecule has 104 valence electrons. The van der Waals surface area contributed by atoms with Crippen LogP contribution in [0.5, 0.6) is 0 Å². The lowest BCUT2D eigenvalue weighted by atomic mass is 10.1. The summed E-state index contributed by atoms with van der Waals surface area (Å²) in [6, 6.07) is 9.92. The number of aromatic nitrogens is 2. The molecule has 1 aromatic heterocycles. The maximum Gasteiger partial charge on any atom is 0.225 e. The van der Waals surface area contributed by atoms with E-state index in [0.717, 1.165) is 44.4 Å². The minimum Gasteiger partial charge on any atom is -0.398 e. The van der Waals surface area contributed by atoms with E-state index in [-0.39, 0.29) is 0 Å². The minimum atomic E-state index is 0.825. The van der Waals surface area contributed by atoms with Gasteiger partial charge in [0.15, 0.2) is 0 Å². The number of benzene rings is 1. The highest BCUT2D eigenvalue weighted by molar-refractivity contribution is 5.46. The van der Waals surface area contributed by atoms with Crippen molar-refractivity contribution in [2.75, 3.05) is 36.8 Å². The summed E-state index contributed by atoms with van der Waals surface area (Å²) in [5, 5.41) is 0. The van der Waals surface area contributed by atoms with E-state index in [2.05, 4.69) is 25.8 Å². The number of hydrogen-bond donors (Lipinski definition) is 1. The molecule has 0 amide bonds. The highest BCUT2D eigenvalue weighted by Gasteiger charge is 2.19. The van der Waals surface area contributed by atoms with Gasteiger partial charge in [-0.3, -0.25) is 4.90 Å². The van der Waals surface area contributed by atoms with Gasteiger partial charge in [-0.2, -0.15) is 0 Å². The van der Waals surface area contributed by atoms with Crippen LogP contribution >= 0.6 is 0 Å². The number of nitrogen functional groups attached to an aromatic ring is 1. The SMILES string of the molecule is Nc1ccccc1CN1CCN(c2ncccn2)CC1. The van der Waals surface area contributed by atoms with Crippen molar-refractivity contribution in [3.63, 3.8) is 0 Å². The van der Waals surface area contributed by atoms with Crippen LogP contribution in [-0.2, 0) is 6.54 Å². The van der Waals surface area contributed by atoms with Crippen molar-refractivity contribution >= 4 is 11.6 Å². The molecule has 1 aliphatic heterocycles. The maximum absolute atomic E-state index is 6.00. The van der Waals surface area contributed by atoms with E-state index >= 15 is 0 Å². The predicted molar refractivity (Wildman–Crippen MR) is 80.4 cm³/mol. The molecule has 0 saturated carbocycles. The van der Waals surface area contributed by atoms with Gasteiger partial charge in [0.05, 0.1) is 0 Å². The lowest BCUT2D eigenvalue weighted by Crippen LogP contribution is -2.46. The smallest absolute Gasteiger partial charge is 0.225 e. The summed E-state index contributed by atoms with van der Waals surface area (Å²) in [4.78, 5) is 13.3. The summed E-state index contributed by atoms with van der Waals surface area (Å²) < 4.78 is 0. The fourth-order valence-electron chi connectivity index (χ4n) is 2.48. The number of nitrogens with zero attached hydrogens (tertiary/aromatic N) is 4. The van der Waals surface area contributed by atoms with Crippen molar-refractivity contribution < 1.29 is 0 Å². The number of anilines is 2. The Balaban J connectivity index is 1.58. The second-order valence-corrected chi connectivity index (χ2v) is 5.01. The summed E-state index contributed by atoms with van der Waals surface area (Å²) in [5.41, 5.74) is 8.08. The molecule has 1 aliphatic rings. The topological polar surface area (TPSA) is 58.3 Å². The Kier molecular flexibility index (Phi) is 3.78. The van der Waals surface area contributed by atoms with E-state index in [0.29, 0.717) is 0 Å². The number of hydrogen-bond acceptors (Lipinski definition) is 5. The molecule has 5 nitrogen and oxygen atoms in total. The molecule has 3 rings (SSSR count). The number of para-hydroxylation sites is 1. The van der Waals surface area contributed by atoms with Crippen LogP contribution in [0.1, 0.15) is 5.56 Å². The van der Waals surface area contributed by atoms with Gasteiger partial charge in [0.1, 0.15) is 0 Å². The Hall–Kier alpha value is -2.14. The molecule has 2 heterocycles. The molecule has 20 heavy (non-hydrogen) atoms. The lowest BCUT2D eigenvalue weighted by molar-refractivity contribution is 0.249. The zero-order valence-corrected chi connectivity index (χ0v) is 11.4. The van der Waals surface area contributed by atoms with Gasteiger partial charge in [-0.05, 0) is 17.7 Å². The third-order valence-electron chi connectivity index (χ3n) is 3.66. The van der Waals surface area contributed by atoms with E-state index < -0.39 is 0 Å². The Morgan fingerprint density at radius 1 is 0.950 bits per heavy atom. The number of rotatable bonds is 3. The average molecular weight is 269 g/mol. The van der Waals surface area contributed by atoms with Crippen molar-refractivity contribution in [1.29, 1.82) is 0 Å². The average Bonchev–Trinajstić information content (AvgIpc) is 2.51. The van der Waals surface area contributed by atoms with E-state index in [9.17, 15) is 0 Å². The van der Waals surface area contributed by atoms with Crippen LogP contribution < -0.4 is 10.6 Å². The zero-order chi connectivity index (χ0) is 13.8. The molecule has 0 unspecified atom stereocenters. The first-order valence-corrected chi connectivity index (χ1v) is 6.90. The van der Waals surface area contributed by atoms with Crippen LogP contribution in [0, 0.1) is 0 Å². The standard InChI is InChI=1S/C15H19N5/c16-14-5-2-1-4-13(14)12-19-8-10-20(11-9-19)15-17-6-3-7-18-15/h1-7H,8-12,16H2. The molecule has 2 aromatic rings. The zero-order valence-electron chi connectivity index (χ0n) is 11.4. The molecule has 0 bridgehead atoms. The van der Waals surface area contributed by atoms with Crippen LogP contribution in [-0.4, -0.2) is 41.0 Å². The van der Waals surface area contributed by atoms with Crippen LogP contribution in [0.3, 0.4) is 0 Å². The van der Waals surface area contributed by atoms with Crippen molar-refractivity contribution in [3.05, 3.63) is 48.3 Å². The third kappa shape index (κ3) is 2.88. The van der Waals surface area contributed by atoms with Crippen molar-refractivity contribution in [3.8, 4) is 0 Å². The Bertz CT molecular complexity index is 549. The van der Waals surface area contributed by atoms with Gasteiger partial charge < -0.3 is 10.6 Å². The lowest BCUT2D eigenvalue weighted by Gasteiger charge is -2.34. The van der Waals surface area contributed by atoms with Gasteiger partial charge in [-0.15, -0.1) is 0 Å². The highest BCUT2D eigenvalue weighted by Crippen LogP contribution is 2.16. The predicted octanol–water partition coefficient (Wildman–Crippen LogP) is 1.38. The molecule has 0 radical (unpaired) electrons. The van der Waals surface area contributed by atoms with Gasteiger partial charge in [-0.1, -0.05) is 18.2 Å². The van der Waals surface area contributed by atoms with Crippen LogP contribution in [0.15, 0.2) is 42.7 Å². The van der Waals surface area contributed by atoms with Gasteiger partial charge in [0, 0.05) is 50.8 Å². The Labute approximate surface area is 119 Å². The molecule has 0 aliphatic carbocycles. The quantitative estimate of drug-likeness (QED) is 0.853. The first kappa shape index (κ1) is 12.9. The normalized spacial score (nSPS) is 16.3. The summed E-state index contributed by atoms with van der Waals surface area (Å²) >= 11 is 0. The van der Waals surface area contributed by atoms with Gasteiger partial charge in [-0.25, -0.2) is 9.97 Å². The van der Waals surface area contributed by atoms with Gasteiger partial charge in [0.2, 0.25) is 5.95 Å². The second kappa shape index (κ2) is 5.88. The maximum atomic E-state index is 6.00.